The summed E-state index contributed by atoms with van der Waals surface area (Å²) in [7, 11) is 0. The van der Waals surface area contributed by atoms with Crippen molar-refractivity contribution in [3.8, 4) is 11.4 Å². The van der Waals surface area contributed by atoms with Gasteiger partial charge in [-0.1, -0.05) is 71.7 Å². The van der Waals surface area contributed by atoms with Crippen LogP contribution in [0.25, 0.3) is 28.7 Å². The van der Waals surface area contributed by atoms with Crippen molar-refractivity contribution in [3.63, 3.8) is 0 Å². The first-order chi connectivity index (χ1) is 17.5. The van der Waals surface area contributed by atoms with Gasteiger partial charge in [0.2, 0.25) is 0 Å². The normalized spacial score (nSPS) is 11.3. The molecule has 0 spiro atoms. The fraction of sp³-hybridized carbons (Fsp3) is 0.0667. The van der Waals surface area contributed by atoms with Gasteiger partial charge in [-0.25, -0.2) is 4.98 Å². The van der Waals surface area contributed by atoms with Crippen molar-refractivity contribution < 1.29 is 4.74 Å². The summed E-state index contributed by atoms with van der Waals surface area (Å²) >= 11 is 12.1. The SMILES string of the molecule is Cc1cccc(-n2c(C=Cc3ccc(OCc4ccc(Cl)c(Cl)c4)cc3)nc3ccccc3c2=O)c1. The monoisotopic (exact) mass is 512 g/mol. The van der Waals surface area contributed by atoms with E-state index >= 15 is 0 Å². The molecular formula is C30H22Cl2N2O2. The molecule has 0 N–H and O–H groups in total. The Morgan fingerprint density at radius 1 is 0.861 bits per heavy atom. The quantitative estimate of drug-likeness (QED) is 0.233. The summed E-state index contributed by atoms with van der Waals surface area (Å²) in [6.45, 7) is 2.39. The van der Waals surface area contributed by atoms with Gasteiger partial charge in [-0.15, -0.1) is 0 Å². The Morgan fingerprint density at radius 3 is 2.44 bits per heavy atom. The van der Waals surface area contributed by atoms with E-state index in [1.54, 1.807) is 22.8 Å². The number of rotatable bonds is 6. The lowest BCUT2D eigenvalue weighted by Crippen LogP contribution is -2.22. The predicted octanol–water partition coefficient (Wildman–Crippen LogP) is 7.75. The molecule has 0 saturated heterocycles. The van der Waals surface area contributed by atoms with E-state index in [1.807, 2.05) is 91.9 Å². The molecule has 0 aliphatic carbocycles. The summed E-state index contributed by atoms with van der Waals surface area (Å²) in [6, 6.07) is 28.4. The van der Waals surface area contributed by atoms with E-state index in [2.05, 4.69) is 0 Å². The fourth-order valence-electron chi connectivity index (χ4n) is 3.92. The summed E-state index contributed by atoms with van der Waals surface area (Å²) in [6.07, 6.45) is 3.80. The fourth-order valence-corrected chi connectivity index (χ4v) is 4.24. The molecule has 0 bridgehead atoms. The molecule has 0 aliphatic heterocycles. The van der Waals surface area contributed by atoms with Crippen molar-refractivity contribution in [2.24, 2.45) is 0 Å². The number of aromatic nitrogens is 2. The molecule has 5 aromatic rings. The molecule has 6 heteroatoms. The smallest absolute Gasteiger partial charge is 0.266 e. The third-order valence-corrected chi connectivity index (χ3v) is 6.50. The molecule has 0 aliphatic rings. The van der Waals surface area contributed by atoms with Crippen LogP contribution in [0.5, 0.6) is 5.75 Å². The minimum absolute atomic E-state index is 0.100. The highest BCUT2D eigenvalue weighted by Gasteiger charge is 2.11. The average Bonchev–Trinajstić information content (AvgIpc) is 2.89. The molecule has 4 aromatic carbocycles. The van der Waals surface area contributed by atoms with Gasteiger partial charge in [0.25, 0.3) is 5.56 Å². The van der Waals surface area contributed by atoms with Crippen LogP contribution in [0.3, 0.4) is 0 Å². The van der Waals surface area contributed by atoms with E-state index < -0.39 is 0 Å². The van der Waals surface area contributed by atoms with Gasteiger partial charge in [0, 0.05) is 0 Å². The summed E-state index contributed by atoms with van der Waals surface area (Å²) in [5.74, 6) is 1.29. The van der Waals surface area contributed by atoms with Gasteiger partial charge in [0.05, 0.1) is 26.6 Å². The minimum atomic E-state index is -0.100. The molecule has 0 amide bonds. The lowest BCUT2D eigenvalue weighted by Gasteiger charge is -2.12. The van der Waals surface area contributed by atoms with E-state index in [1.165, 1.54) is 0 Å². The van der Waals surface area contributed by atoms with Crippen molar-refractivity contribution in [1.29, 1.82) is 0 Å². The van der Waals surface area contributed by atoms with Crippen molar-refractivity contribution in [1.82, 2.24) is 9.55 Å². The molecule has 178 valence electrons. The maximum atomic E-state index is 13.4. The van der Waals surface area contributed by atoms with E-state index in [-0.39, 0.29) is 5.56 Å². The molecule has 0 unspecified atom stereocenters. The average molecular weight is 513 g/mol. The number of fused-ring (bicyclic) bond motifs is 1. The van der Waals surface area contributed by atoms with E-state index in [9.17, 15) is 4.79 Å². The number of benzene rings is 4. The molecule has 0 fully saturated rings. The first-order valence-corrected chi connectivity index (χ1v) is 12.2. The Kier molecular flexibility index (Phi) is 6.90. The zero-order chi connectivity index (χ0) is 25.1. The van der Waals surface area contributed by atoms with Crippen LogP contribution in [-0.2, 0) is 6.61 Å². The summed E-state index contributed by atoms with van der Waals surface area (Å²) in [5, 5.41) is 1.61. The maximum Gasteiger partial charge on any atom is 0.266 e. The number of nitrogens with zero attached hydrogens (tertiary/aromatic N) is 2. The Bertz CT molecular complexity index is 1640. The first-order valence-electron chi connectivity index (χ1n) is 11.4. The van der Waals surface area contributed by atoms with Gasteiger partial charge in [0.15, 0.2) is 0 Å². The predicted molar refractivity (Wildman–Crippen MR) is 148 cm³/mol. The van der Waals surface area contributed by atoms with Crippen molar-refractivity contribution in [2.45, 2.75) is 13.5 Å². The van der Waals surface area contributed by atoms with Crippen LogP contribution in [0, 0.1) is 6.92 Å². The van der Waals surface area contributed by atoms with Gasteiger partial charge in [-0.05, 0) is 78.2 Å². The highest BCUT2D eigenvalue weighted by molar-refractivity contribution is 6.42. The summed E-state index contributed by atoms with van der Waals surface area (Å²) in [5.41, 5.74) is 4.30. The molecule has 0 saturated carbocycles. The number of para-hydroxylation sites is 1. The molecule has 0 radical (unpaired) electrons. The third-order valence-electron chi connectivity index (χ3n) is 5.76. The van der Waals surface area contributed by atoms with E-state index in [0.29, 0.717) is 33.4 Å². The van der Waals surface area contributed by atoms with Gasteiger partial charge in [0.1, 0.15) is 18.2 Å². The lowest BCUT2D eigenvalue weighted by atomic mass is 10.1. The van der Waals surface area contributed by atoms with Gasteiger partial charge in [-0.3, -0.25) is 9.36 Å². The minimum Gasteiger partial charge on any atom is -0.489 e. The Balaban J connectivity index is 1.42. The zero-order valence-corrected chi connectivity index (χ0v) is 21.0. The van der Waals surface area contributed by atoms with Crippen molar-refractivity contribution >= 4 is 46.3 Å². The molecule has 0 atom stereocenters. The van der Waals surface area contributed by atoms with Crippen LogP contribution >= 0.6 is 23.2 Å². The second kappa shape index (κ2) is 10.4. The van der Waals surface area contributed by atoms with Crippen LogP contribution in [0.2, 0.25) is 10.0 Å². The molecule has 1 heterocycles. The van der Waals surface area contributed by atoms with Crippen LogP contribution in [0.4, 0.5) is 0 Å². The number of aryl methyl sites for hydroxylation is 1. The van der Waals surface area contributed by atoms with E-state index in [4.69, 9.17) is 32.9 Å². The highest BCUT2D eigenvalue weighted by atomic mass is 35.5. The Hall–Kier alpha value is -3.86. The zero-order valence-electron chi connectivity index (χ0n) is 19.5. The number of hydrogen-bond acceptors (Lipinski definition) is 3. The van der Waals surface area contributed by atoms with Gasteiger partial charge >= 0.3 is 0 Å². The molecule has 5 rings (SSSR count). The largest absolute Gasteiger partial charge is 0.489 e. The van der Waals surface area contributed by atoms with Crippen LogP contribution in [0.15, 0.2) is 95.8 Å². The lowest BCUT2D eigenvalue weighted by molar-refractivity contribution is 0.306. The van der Waals surface area contributed by atoms with Crippen LogP contribution in [0.1, 0.15) is 22.5 Å². The van der Waals surface area contributed by atoms with Gasteiger partial charge in [-0.2, -0.15) is 0 Å². The van der Waals surface area contributed by atoms with Crippen molar-refractivity contribution in [2.75, 3.05) is 0 Å². The Morgan fingerprint density at radius 2 is 1.67 bits per heavy atom. The highest BCUT2D eigenvalue weighted by Crippen LogP contribution is 2.24. The summed E-state index contributed by atoms with van der Waals surface area (Å²) in [4.78, 5) is 18.2. The number of hydrogen-bond donors (Lipinski definition) is 0. The number of halogens is 2. The Labute approximate surface area is 219 Å². The first kappa shape index (κ1) is 23.9. The topological polar surface area (TPSA) is 44.1 Å². The number of ether oxygens (including phenoxy) is 1. The second-order valence-electron chi connectivity index (χ2n) is 8.41. The van der Waals surface area contributed by atoms with Gasteiger partial charge < -0.3 is 4.74 Å². The molecule has 36 heavy (non-hydrogen) atoms. The maximum absolute atomic E-state index is 13.4. The molecule has 4 nitrogen and oxygen atoms in total. The third kappa shape index (κ3) is 5.20. The summed E-state index contributed by atoms with van der Waals surface area (Å²) < 4.78 is 7.53. The molecular weight excluding hydrogens is 491 g/mol. The van der Waals surface area contributed by atoms with Crippen LogP contribution in [-0.4, -0.2) is 9.55 Å². The van der Waals surface area contributed by atoms with E-state index in [0.717, 1.165) is 28.1 Å². The standard InChI is InChI=1S/C30H22Cl2N2O2/c1-20-5-4-6-23(17-20)34-29(33-28-8-3-2-7-25(28)30(34)35)16-12-21-9-13-24(14-10-21)36-19-22-11-15-26(31)27(32)18-22/h2-18H,19H2,1H3. The molecule has 1 aromatic heterocycles. The van der Waals surface area contributed by atoms with Crippen molar-refractivity contribution in [3.05, 3.63) is 134 Å². The second-order valence-corrected chi connectivity index (χ2v) is 9.22. The van der Waals surface area contributed by atoms with Crippen LogP contribution < -0.4 is 10.3 Å².